The number of primary amides is 2. The fourth-order valence-corrected chi connectivity index (χ4v) is 5.31. The molecule has 0 saturated heterocycles. The number of benzene rings is 2. The summed E-state index contributed by atoms with van der Waals surface area (Å²) in [4.78, 5) is 35.2. The van der Waals surface area contributed by atoms with E-state index in [1.54, 1.807) is 9.13 Å². The molecule has 0 bridgehead atoms. The van der Waals surface area contributed by atoms with Gasteiger partial charge in [-0.15, -0.1) is 0 Å². The van der Waals surface area contributed by atoms with E-state index in [1.807, 2.05) is 54.6 Å². The van der Waals surface area contributed by atoms with Crippen LogP contribution < -0.4 is 28.6 Å². The van der Waals surface area contributed by atoms with Crippen molar-refractivity contribution in [2.75, 3.05) is 11.5 Å². The summed E-state index contributed by atoms with van der Waals surface area (Å²) in [5.41, 5.74) is 22.9. The summed E-state index contributed by atoms with van der Waals surface area (Å²) in [7, 11) is 0. The van der Waals surface area contributed by atoms with Gasteiger partial charge in [-0.1, -0.05) is 56.1 Å². The quantitative estimate of drug-likeness (QED) is 0.163. The topological polar surface area (TPSA) is 226 Å². The minimum Gasteiger partial charge on any atom is -0.383 e. The molecule has 220 valence electrons. The second kappa shape index (κ2) is 15.4. The van der Waals surface area contributed by atoms with Crippen LogP contribution in [0.3, 0.4) is 0 Å². The first kappa shape index (κ1) is 34.4. The third-order valence-electron chi connectivity index (χ3n) is 5.12. The highest BCUT2D eigenvalue weighted by molar-refractivity contribution is 9.11. The van der Waals surface area contributed by atoms with Crippen LogP contribution in [0.1, 0.15) is 16.8 Å². The highest BCUT2D eigenvalue weighted by atomic mass is 79.9. The maximum atomic E-state index is 11.5. The molecule has 5 aromatic rings. The number of carbonyl (C=O) groups is 1. The largest absolute Gasteiger partial charge is 0.383 e. The Balaban J connectivity index is 0.000000258. The molecular formula is C24H22Br4FN11O2. The minimum atomic E-state index is -0.833. The first-order valence-corrected chi connectivity index (χ1v) is 14.4. The molecule has 0 atom stereocenters. The average Bonchev–Trinajstić information content (AvgIpc) is 3.34. The summed E-state index contributed by atoms with van der Waals surface area (Å²) in [6, 6.07) is 16.9. The molecule has 13 nitrogen and oxygen atoms in total. The van der Waals surface area contributed by atoms with Crippen LogP contribution in [0.25, 0.3) is 11.2 Å². The number of amides is 2. The van der Waals surface area contributed by atoms with Crippen molar-refractivity contribution >= 4 is 92.6 Å². The number of nitrogens with one attached hydrogen (secondary N) is 1. The molecule has 0 spiro atoms. The van der Waals surface area contributed by atoms with Crippen LogP contribution in [0.2, 0.25) is 0 Å². The monoisotopic (exact) mass is 831 g/mol. The van der Waals surface area contributed by atoms with Crippen molar-refractivity contribution in [1.29, 1.82) is 5.26 Å². The molecule has 3 heterocycles. The van der Waals surface area contributed by atoms with E-state index in [0.29, 0.717) is 39.5 Å². The molecule has 3 aromatic heterocycles. The summed E-state index contributed by atoms with van der Waals surface area (Å²) < 4.78 is 6.67. The van der Waals surface area contributed by atoms with Crippen molar-refractivity contribution in [1.82, 2.24) is 29.1 Å². The van der Waals surface area contributed by atoms with Crippen molar-refractivity contribution in [3.63, 3.8) is 0 Å². The Kier molecular flexibility index (Phi) is 12.7. The molecule has 2 aromatic carbocycles. The standard InChI is InChI=1S/C12H9Br2N5O.C11H8Br2N4.CH4N2O.FH/c13-7-3-1-2-6(4-7)5-19-10-8(16-11(19)14)9(15)17-12(20)18-10;12-8-3-1-2-7(4-8)6-17-10(15)9(5-14)16-11(17)13;2-1(3)4;/h1-4H,5H2,(H3,15,17,18,20);1-4H,6,15H2;(H4,2,3,4);1H. The molecular weight excluding hydrogens is 813 g/mol. The lowest BCUT2D eigenvalue weighted by molar-refractivity contribution is 0.256. The molecule has 18 heteroatoms. The number of halogens is 5. The van der Waals surface area contributed by atoms with Crippen molar-refractivity contribution in [3.05, 3.63) is 94.2 Å². The first-order valence-electron chi connectivity index (χ1n) is 11.3. The van der Waals surface area contributed by atoms with Crippen LogP contribution in [-0.2, 0) is 13.1 Å². The molecule has 0 aliphatic heterocycles. The minimum absolute atomic E-state index is 0. The number of hydrogen-bond donors (Lipinski definition) is 5. The van der Waals surface area contributed by atoms with Gasteiger partial charge in [0.1, 0.15) is 23.2 Å². The summed E-state index contributed by atoms with van der Waals surface area (Å²) >= 11 is 13.5. The van der Waals surface area contributed by atoms with Gasteiger partial charge < -0.3 is 27.5 Å². The fraction of sp³-hybridized carbons (Fsp3) is 0.0833. The number of nitrogens with zero attached hydrogens (tertiary/aromatic N) is 6. The van der Waals surface area contributed by atoms with Crippen molar-refractivity contribution in [3.8, 4) is 6.07 Å². The van der Waals surface area contributed by atoms with E-state index in [2.05, 4.69) is 95.1 Å². The molecule has 42 heavy (non-hydrogen) atoms. The highest BCUT2D eigenvalue weighted by Gasteiger charge is 2.14. The maximum Gasteiger partial charge on any atom is 0.348 e. The lowest BCUT2D eigenvalue weighted by Gasteiger charge is -2.06. The highest BCUT2D eigenvalue weighted by Crippen LogP contribution is 2.23. The van der Waals surface area contributed by atoms with Gasteiger partial charge in [0.2, 0.25) is 0 Å². The van der Waals surface area contributed by atoms with E-state index in [1.165, 1.54) is 0 Å². The van der Waals surface area contributed by atoms with Gasteiger partial charge in [0, 0.05) is 8.95 Å². The third kappa shape index (κ3) is 9.11. The van der Waals surface area contributed by atoms with Gasteiger partial charge in [0.05, 0.1) is 13.1 Å². The number of aromatic nitrogens is 6. The van der Waals surface area contributed by atoms with Crippen molar-refractivity contribution < 1.29 is 9.50 Å². The van der Waals surface area contributed by atoms with Gasteiger partial charge in [-0.2, -0.15) is 10.2 Å². The predicted octanol–water partition coefficient (Wildman–Crippen LogP) is 4.36. The molecule has 0 radical (unpaired) electrons. The Morgan fingerprint density at radius 1 is 0.881 bits per heavy atom. The molecule has 0 fully saturated rings. The van der Waals surface area contributed by atoms with E-state index in [9.17, 15) is 4.79 Å². The molecule has 5 rings (SSSR count). The molecule has 2 amide bonds. The number of anilines is 2. The number of imidazole rings is 2. The van der Waals surface area contributed by atoms with Crippen LogP contribution in [0.4, 0.5) is 21.1 Å². The fourth-order valence-electron chi connectivity index (χ4n) is 3.46. The van der Waals surface area contributed by atoms with Crippen LogP contribution in [0, 0.1) is 11.3 Å². The smallest absolute Gasteiger partial charge is 0.348 e. The van der Waals surface area contributed by atoms with Crippen LogP contribution in [-0.4, -0.2) is 35.1 Å². The number of nitriles is 1. The van der Waals surface area contributed by atoms with E-state index in [0.717, 1.165) is 20.1 Å². The third-order valence-corrected chi connectivity index (χ3v) is 7.32. The van der Waals surface area contributed by atoms with Gasteiger partial charge in [0.15, 0.2) is 20.8 Å². The maximum absolute atomic E-state index is 11.5. The van der Waals surface area contributed by atoms with Gasteiger partial charge in [-0.3, -0.25) is 14.3 Å². The number of rotatable bonds is 4. The Labute approximate surface area is 271 Å². The van der Waals surface area contributed by atoms with E-state index >= 15 is 0 Å². The van der Waals surface area contributed by atoms with E-state index in [-0.39, 0.29) is 16.2 Å². The zero-order valence-electron chi connectivity index (χ0n) is 21.3. The number of aromatic amines is 1. The lowest BCUT2D eigenvalue weighted by atomic mass is 10.2. The Bertz CT molecular complexity index is 1810. The van der Waals surface area contributed by atoms with E-state index < -0.39 is 11.7 Å². The number of nitrogen functional groups attached to an aromatic ring is 2. The molecule has 0 aliphatic carbocycles. The summed E-state index contributed by atoms with van der Waals surface area (Å²) in [6.07, 6.45) is 0. The number of urea groups is 1. The summed E-state index contributed by atoms with van der Waals surface area (Å²) in [5.74, 6) is 0.591. The molecule has 0 unspecified atom stereocenters. The molecule has 0 aliphatic rings. The number of hydrogen-bond acceptors (Lipinski definition) is 8. The first-order chi connectivity index (χ1) is 19.4. The zero-order chi connectivity index (χ0) is 30.3. The second-order valence-corrected chi connectivity index (χ2v) is 11.3. The van der Waals surface area contributed by atoms with Crippen LogP contribution in [0.5, 0.6) is 0 Å². The van der Waals surface area contributed by atoms with Gasteiger partial charge in [-0.25, -0.2) is 19.6 Å². The number of H-pyrrole nitrogens is 1. The van der Waals surface area contributed by atoms with Crippen LogP contribution >= 0.6 is 63.7 Å². The number of fused-ring (bicyclic) bond motifs is 1. The van der Waals surface area contributed by atoms with Crippen molar-refractivity contribution in [2.45, 2.75) is 13.1 Å². The Hall–Kier alpha value is -3.79. The Morgan fingerprint density at radius 3 is 1.86 bits per heavy atom. The van der Waals surface area contributed by atoms with Gasteiger partial charge >= 0.3 is 11.7 Å². The van der Waals surface area contributed by atoms with Crippen molar-refractivity contribution in [2.24, 2.45) is 11.5 Å². The lowest BCUT2D eigenvalue weighted by Crippen LogP contribution is -2.18. The SMILES string of the molecule is F.N#Cc1nc(Br)n(Cc2cccc(Br)c2)c1N.NC(N)=O.Nc1[nH]c(=O)nc2c1nc(Br)n2Cc1cccc(Br)c1. The van der Waals surface area contributed by atoms with Crippen LogP contribution in [0.15, 0.2) is 71.7 Å². The van der Waals surface area contributed by atoms with Gasteiger partial charge in [-0.05, 0) is 67.3 Å². The predicted molar refractivity (Wildman–Crippen MR) is 172 cm³/mol. The zero-order valence-corrected chi connectivity index (χ0v) is 27.6. The van der Waals surface area contributed by atoms with E-state index in [4.69, 9.17) is 21.5 Å². The number of carbonyl (C=O) groups excluding carboxylic acids is 1. The van der Waals surface area contributed by atoms with Gasteiger partial charge in [0.25, 0.3) is 0 Å². The average molecular weight is 835 g/mol. The normalized spacial score (nSPS) is 9.98. The molecule has 9 N–H and O–H groups in total. The summed E-state index contributed by atoms with van der Waals surface area (Å²) in [5, 5.41) is 8.83. The summed E-state index contributed by atoms with van der Waals surface area (Å²) in [6.45, 7) is 1.10. The second-order valence-electron chi connectivity index (χ2n) is 8.07. The Morgan fingerprint density at radius 2 is 1.38 bits per heavy atom. The molecule has 0 saturated carbocycles. The number of nitrogens with two attached hydrogens (primary N) is 4.